The van der Waals surface area contributed by atoms with E-state index in [4.69, 9.17) is 23.2 Å². The molecule has 2 aromatic rings. The molecule has 0 heterocycles. The molecule has 1 aliphatic rings. The number of aryl methyl sites for hydroxylation is 2. The molecule has 3 rings (SSSR count). The normalized spacial score (nSPS) is 15.2. The minimum absolute atomic E-state index is 0.0689. The molecule has 7 nitrogen and oxygen atoms in total. The van der Waals surface area contributed by atoms with Gasteiger partial charge in [-0.05, 0) is 62.9 Å². The molecule has 2 aromatic carbocycles. The van der Waals surface area contributed by atoms with E-state index in [9.17, 15) is 18.0 Å². The van der Waals surface area contributed by atoms with E-state index in [0.717, 1.165) is 53.8 Å². The van der Waals surface area contributed by atoms with E-state index >= 15 is 0 Å². The van der Waals surface area contributed by atoms with Gasteiger partial charge in [0.05, 0.1) is 22.0 Å². The summed E-state index contributed by atoms with van der Waals surface area (Å²) in [6.45, 7) is 5.01. The van der Waals surface area contributed by atoms with Gasteiger partial charge in [0.1, 0.15) is 12.6 Å². The molecular formula is C27H35Cl2N3O4S. The predicted octanol–water partition coefficient (Wildman–Crippen LogP) is 5.24. The van der Waals surface area contributed by atoms with Crippen LogP contribution in [-0.2, 0) is 26.2 Å². The molecule has 37 heavy (non-hydrogen) atoms. The molecular weight excluding hydrogens is 533 g/mol. The third-order valence-corrected chi connectivity index (χ3v) is 8.62. The van der Waals surface area contributed by atoms with Gasteiger partial charge in [-0.2, -0.15) is 0 Å². The summed E-state index contributed by atoms with van der Waals surface area (Å²) in [4.78, 5) is 28.4. The Balaban J connectivity index is 1.91. The average molecular weight is 569 g/mol. The summed E-state index contributed by atoms with van der Waals surface area (Å²) in [6.07, 6.45) is 6.17. The van der Waals surface area contributed by atoms with Gasteiger partial charge < -0.3 is 10.2 Å². The number of halogens is 2. The number of sulfonamides is 1. The van der Waals surface area contributed by atoms with Crippen LogP contribution >= 0.6 is 23.2 Å². The fourth-order valence-electron chi connectivity index (χ4n) is 4.67. The summed E-state index contributed by atoms with van der Waals surface area (Å²) in [7, 11) is -3.79. The Kier molecular flexibility index (Phi) is 9.89. The van der Waals surface area contributed by atoms with Crippen LogP contribution in [0.25, 0.3) is 0 Å². The molecule has 0 aliphatic heterocycles. The molecule has 1 aliphatic carbocycles. The number of amides is 2. The van der Waals surface area contributed by atoms with E-state index in [-0.39, 0.29) is 18.5 Å². The first kappa shape index (κ1) is 29.3. The average Bonchev–Trinajstić information content (AvgIpc) is 2.83. The van der Waals surface area contributed by atoms with Crippen LogP contribution in [0.15, 0.2) is 36.4 Å². The molecule has 1 atom stereocenters. The molecule has 0 radical (unpaired) electrons. The Morgan fingerprint density at radius 3 is 2.30 bits per heavy atom. The van der Waals surface area contributed by atoms with Gasteiger partial charge in [0.2, 0.25) is 21.8 Å². The van der Waals surface area contributed by atoms with Crippen LogP contribution in [0.2, 0.25) is 10.0 Å². The number of anilines is 1. The highest BCUT2D eigenvalue weighted by Gasteiger charge is 2.31. The Morgan fingerprint density at radius 2 is 1.70 bits per heavy atom. The molecule has 202 valence electrons. The Morgan fingerprint density at radius 1 is 1.03 bits per heavy atom. The van der Waals surface area contributed by atoms with Crippen LogP contribution in [0.3, 0.4) is 0 Å². The lowest BCUT2D eigenvalue weighted by Crippen LogP contribution is -2.53. The van der Waals surface area contributed by atoms with Crippen LogP contribution in [0.1, 0.15) is 55.7 Å². The van der Waals surface area contributed by atoms with Gasteiger partial charge >= 0.3 is 0 Å². The SMILES string of the molecule is Cc1ccc(N(CC(=O)N(Cc2ccc(Cl)c(Cl)c2)C(C)C(=O)NC2CCCCC2)S(C)(=O)=O)c(C)c1. The molecule has 1 saturated carbocycles. The predicted molar refractivity (Wildman–Crippen MR) is 150 cm³/mol. The first-order chi connectivity index (χ1) is 17.4. The maximum atomic E-state index is 13.7. The van der Waals surface area contributed by atoms with Gasteiger partial charge in [-0.15, -0.1) is 0 Å². The number of nitrogens with zero attached hydrogens (tertiary/aromatic N) is 2. The van der Waals surface area contributed by atoms with Crippen LogP contribution < -0.4 is 9.62 Å². The maximum Gasteiger partial charge on any atom is 0.244 e. The van der Waals surface area contributed by atoms with Crippen molar-refractivity contribution in [1.82, 2.24) is 10.2 Å². The number of benzene rings is 2. The topological polar surface area (TPSA) is 86.8 Å². The van der Waals surface area contributed by atoms with E-state index < -0.39 is 28.5 Å². The summed E-state index contributed by atoms with van der Waals surface area (Å²) in [5.74, 6) is -0.763. The monoisotopic (exact) mass is 567 g/mol. The highest BCUT2D eigenvalue weighted by Crippen LogP contribution is 2.26. The van der Waals surface area contributed by atoms with Crippen molar-refractivity contribution in [3.63, 3.8) is 0 Å². The fourth-order valence-corrected chi connectivity index (χ4v) is 5.89. The number of carbonyl (C=O) groups is 2. The Bertz CT molecular complexity index is 1250. The first-order valence-electron chi connectivity index (χ1n) is 12.5. The molecule has 0 bridgehead atoms. The van der Waals surface area contributed by atoms with Crippen molar-refractivity contribution in [3.8, 4) is 0 Å². The molecule has 0 saturated heterocycles. The third-order valence-electron chi connectivity index (χ3n) is 6.76. The summed E-state index contributed by atoms with van der Waals surface area (Å²) >= 11 is 12.3. The molecule has 1 fully saturated rings. The molecule has 10 heteroatoms. The minimum atomic E-state index is -3.79. The van der Waals surface area contributed by atoms with Crippen molar-refractivity contribution in [3.05, 3.63) is 63.1 Å². The fraction of sp³-hybridized carbons (Fsp3) is 0.481. The smallest absolute Gasteiger partial charge is 0.244 e. The van der Waals surface area contributed by atoms with Crippen molar-refractivity contribution in [2.45, 2.75) is 71.5 Å². The van der Waals surface area contributed by atoms with E-state index in [1.807, 2.05) is 13.0 Å². The van der Waals surface area contributed by atoms with Gasteiger partial charge in [-0.25, -0.2) is 8.42 Å². The van der Waals surface area contributed by atoms with Crippen LogP contribution in [-0.4, -0.2) is 50.0 Å². The van der Waals surface area contributed by atoms with E-state index in [2.05, 4.69) is 5.32 Å². The van der Waals surface area contributed by atoms with Gasteiger partial charge in [-0.3, -0.25) is 13.9 Å². The number of rotatable bonds is 9. The van der Waals surface area contributed by atoms with Crippen LogP contribution in [0.4, 0.5) is 5.69 Å². The number of carbonyl (C=O) groups excluding carboxylic acids is 2. The summed E-state index contributed by atoms with van der Waals surface area (Å²) in [5, 5.41) is 3.79. The lowest BCUT2D eigenvalue weighted by atomic mass is 9.95. The Labute approximate surface area is 230 Å². The first-order valence-corrected chi connectivity index (χ1v) is 15.1. The van der Waals surface area contributed by atoms with Gasteiger partial charge in [-0.1, -0.05) is 66.2 Å². The second-order valence-corrected chi connectivity index (χ2v) is 12.6. The zero-order chi connectivity index (χ0) is 27.3. The molecule has 0 spiro atoms. The summed E-state index contributed by atoms with van der Waals surface area (Å²) < 4.78 is 26.7. The standard InChI is InChI=1S/C27H35Cl2N3O4S/c1-18-10-13-25(19(2)14-18)32(37(4,35)36)17-26(33)31(16-21-11-12-23(28)24(29)15-21)20(3)27(34)30-22-8-6-5-7-9-22/h10-15,20,22H,5-9,16-17H2,1-4H3,(H,30,34). The molecule has 1 N–H and O–H groups in total. The Hall–Kier alpha value is -2.29. The van der Waals surface area contributed by atoms with Crippen molar-refractivity contribution in [2.24, 2.45) is 0 Å². The minimum Gasteiger partial charge on any atom is -0.352 e. The van der Waals surface area contributed by atoms with Crippen molar-refractivity contribution in [1.29, 1.82) is 0 Å². The van der Waals surface area contributed by atoms with Crippen molar-refractivity contribution >= 4 is 50.7 Å². The second kappa shape index (κ2) is 12.5. The molecule has 0 aromatic heterocycles. The van der Waals surface area contributed by atoms with Crippen molar-refractivity contribution in [2.75, 3.05) is 17.1 Å². The van der Waals surface area contributed by atoms with Crippen LogP contribution in [0, 0.1) is 13.8 Å². The van der Waals surface area contributed by atoms with E-state index in [0.29, 0.717) is 21.3 Å². The highest BCUT2D eigenvalue weighted by molar-refractivity contribution is 7.92. The zero-order valence-electron chi connectivity index (χ0n) is 21.8. The maximum absolute atomic E-state index is 13.7. The van der Waals surface area contributed by atoms with Gasteiger partial charge in [0.25, 0.3) is 0 Å². The third kappa shape index (κ3) is 7.85. The quantitative estimate of drug-likeness (QED) is 0.448. The van der Waals surface area contributed by atoms with Gasteiger partial charge in [0, 0.05) is 12.6 Å². The summed E-state index contributed by atoms with van der Waals surface area (Å²) in [6, 6.07) is 9.63. The van der Waals surface area contributed by atoms with E-state index in [1.165, 1.54) is 4.90 Å². The lowest BCUT2D eigenvalue weighted by molar-refractivity contribution is -0.139. The van der Waals surface area contributed by atoms with Crippen LogP contribution in [0.5, 0.6) is 0 Å². The lowest BCUT2D eigenvalue weighted by Gasteiger charge is -2.33. The van der Waals surface area contributed by atoms with Crippen molar-refractivity contribution < 1.29 is 18.0 Å². The zero-order valence-corrected chi connectivity index (χ0v) is 24.1. The summed E-state index contributed by atoms with van der Waals surface area (Å²) in [5.41, 5.74) is 2.82. The van der Waals surface area contributed by atoms with Gasteiger partial charge in [0.15, 0.2) is 0 Å². The molecule has 2 amide bonds. The second-order valence-electron chi connectivity index (χ2n) is 9.85. The number of hydrogen-bond acceptors (Lipinski definition) is 4. The van der Waals surface area contributed by atoms with E-state index in [1.54, 1.807) is 44.2 Å². The largest absolute Gasteiger partial charge is 0.352 e. The number of nitrogens with one attached hydrogen (secondary N) is 1. The molecule has 1 unspecified atom stereocenters. The number of hydrogen-bond donors (Lipinski definition) is 1. The highest BCUT2D eigenvalue weighted by atomic mass is 35.5.